The molecule has 2 aromatic rings. The summed E-state index contributed by atoms with van der Waals surface area (Å²) in [5.74, 6) is -0.349. The molecular weight excluding hydrogens is 304 g/mol. The number of carboxylic acids is 1. The summed E-state index contributed by atoms with van der Waals surface area (Å²) < 4.78 is 5.52. The minimum Gasteiger partial charge on any atom is -0.481 e. The van der Waals surface area contributed by atoms with E-state index in [0.29, 0.717) is 30.3 Å². The molecule has 0 bridgehead atoms. The van der Waals surface area contributed by atoms with Gasteiger partial charge in [0, 0.05) is 17.1 Å². The summed E-state index contributed by atoms with van der Waals surface area (Å²) in [6.07, 6.45) is 3.03. The molecule has 0 atom stereocenters. The zero-order valence-corrected chi connectivity index (χ0v) is 12.8. The van der Waals surface area contributed by atoms with E-state index in [9.17, 15) is 4.79 Å². The van der Waals surface area contributed by atoms with E-state index in [1.165, 1.54) is 0 Å². The molecule has 6 heteroatoms. The van der Waals surface area contributed by atoms with E-state index in [1.807, 2.05) is 24.3 Å². The van der Waals surface area contributed by atoms with Gasteiger partial charge in [0.15, 0.2) is 0 Å². The number of oxazole rings is 1. The monoisotopic (exact) mass is 320 g/mol. The summed E-state index contributed by atoms with van der Waals surface area (Å²) in [6.45, 7) is 2.23. The number of hydrogen-bond donors (Lipinski definition) is 1. The number of carboxylic acid groups (broad SMARTS) is 1. The molecule has 5 nitrogen and oxygen atoms in total. The Balaban J connectivity index is 1.62. The lowest BCUT2D eigenvalue weighted by atomic mass is 9.97. The third-order valence-corrected chi connectivity index (χ3v) is 4.18. The Kier molecular flexibility index (Phi) is 4.45. The molecule has 1 N–H and O–H groups in total. The molecule has 1 aromatic carbocycles. The molecule has 1 aromatic heterocycles. The zero-order chi connectivity index (χ0) is 15.5. The summed E-state index contributed by atoms with van der Waals surface area (Å²) in [6, 6.07) is 7.38. The van der Waals surface area contributed by atoms with Crippen LogP contribution in [0.4, 0.5) is 0 Å². The van der Waals surface area contributed by atoms with Crippen LogP contribution in [0.5, 0.6) is 0 Å². The maximum absolute atomic E-state index is 11.0. The number of hydrogen-bond acceptors (Lipinski definition) is 4. The molecule has 3 rings (SSSR count). The van der Waals surface area contributed by atoms with E-state index < -0.39 is 5.97 Å². The molecule has 1 fully saturated rings. The van der Waals surface area contributed by atoms with Crippen LogP contribution in [0.3, 0.4) is 0 Å². The van der Waals surface area contributed by atoms with Gasteiger partial charge in [-0.1, -0.05) is 17.7 Å². The molecule has 2 heterocycles. The van der Waals surface area contributed by atoms with E-state index in [1.54, 1.807) is 6.26 Å². The van der Waals surface area contributed by atoms with Crippen molar-refractivity contribution in [1.82, 2.24) is 9.88 Å². The van der Waals surface area contributed by atoms with Crippen LogP contribution < -0.4 is 0 Å². The van der Waals surface area contributed by atoms with Gasteiger partial charge < -0.3 is 9.52 Å². The second-order valence-corrected chi connectivity index (χ2v) is 5.98. The molecule has 0 radical (unpaired) electrons. The average molecular weight is 321 g/mol. The van der Waals surface area contributed by atoms with Crippen LogP contribution in [0.1, 0.15) is 18.5 Å². The SMILES string of the molecule is O=C(O)C1CCN(Cc2coc(-c3cccc(Cl)c3)n2)CC1. The Bertz CT molecular complexity index is 663. The van der Waals surface area contributed by atoms with Crippen LogP contribution in [-0.4, -0.2) is 34.0 Å². The maximum Gasteiger partial charge on any atom is 0.306 e. The van der Waals surface area contributed by atoms with Gasteiger partial charge in [-0.15, -0.1) is 0 Å². The lowest BCUT2D eigenvalue weighted by Gasteiger charge is -2.29. The quantitative estimate of drug-likeness (QED) is 0.936. The fraction of sp³-hybridized carbons (Fsp3) is 0.375. The fourth-order valence-electron chi connectivity index (χ4n) is 2.70. The first-order valence-electron chi connectivity index (χ1n) is 7.27. The van der Waals surface area contributed by atoms with Gasteiger partial charge in [-0.2, -0.15) is 0 Å². The molecule has 1 aliphatic heterocycles. The summed E-state index contributed by atoms with van der Waals surface area (Å²) in [5.41, 5.74) is 1.70. The van der Waals surface area contributed by atoms with Crippen molar-refractivity contribution in [1.29, 1.82) is 0 Å². The maximum atomic E-state index is 11.0. The predicted octanol–water partition coefficient (Wildman–Crippen LogP) is 3.29. The molecular formula is C16H17ClN2O3. The van der Waals surface area contributed by atoms with Gasteiger partial charge in [-0.25, -0.2) is 4.98 Å². The largest absolute Gasteiger partial charge is 0.481 e. The van der Waals surface area contributed by atoms with Gasteiger partial charge in [-0.05, 0) is 44.1 Å². The molecule has 1 saturated heterocycles. The second kappa shape index (κ2) is 6.50. The Morgan fingerprint density at radius 2 is 2.18 bits per heavy atom. The van der Waals surface area contributed by atoms with Crippen LogP contribution in [-0.2, 0) is 11.3 Å². The molecule has 0 aliphatic carbocycles. The molecule has 0 unspecified atom stereocenters. The third kappa shape index (κ3) is 3.48. The van der Waals surface area contributed by atoms with Crippen LogP contribution >= 0.6 is 11.6 Å². The van der Waals surface area contributed by atoms with Crippen LogP contribution in [0, 0.1) is 5.92 Å². The minimum atomic E-state index is -0.690. The first-order valence-corrected chi connectivity index (χ1v) is 7.65. The van der Waals surface area contributed by atoms with E-state index in [-0.39, 0.29) is 5.92 Å². The fourth-order valence-corrected chi connectivity index (χ4v) is 2.89. The number of likely N-dealkylation sites (tertiary alicyclic amines) is 1. The van der Waals surface area contributed by atoms with Gasteiger partial charge in [0.05, 0.1) is 11.6 Å². The van der Waals surface area contributed by atoms with Crippen molar-refractivity contribution in [3.05, 3.63) is 41.2 Å². The van der Waals surface area contributed by atoms with Crippen molar-refractivity contribution in [3.63, 3.8) is 0 Å². The number of carbonyl (C=O) groups is 1. The predicted molar refractivity (Wildman–Crippen MR) is 82.6 cm³/mol. The smallest absolute Gasteiger partial charge is 0.306 e. The van der Waals surface area contributed by atoms with E-state index in [2.05, 4.69) is 9.88 Å². The Morgan fingerprint density at radius 1 is 1.41 bits per heavy atom. The Morgan fingerprint density at radius 3 is 2.86 bits per heavy atom. The number of halogens is 1. The van der Waals surface area contributed by atoms with Gasteiger partial charge in [0.25, 0.3) is 0 Å². The first-order chi connectivity index (χ1) is 10.6. The lowest BCUT2D eigenvalue weighted by Crippen LogP contribution is -2.35. The van der Waals surface area contributed by atoms with Crippen LogP contribution in [0.25, 0.3) is 11.5 Å². The highest BCUT2D eigenvalue weighted by atomic mass is 35.5. The number of aromatic nitrogens is 1. The Labute approximate surface area is 133 Å². The third-order valence-electron chi connectivity index (χ3n) is 3.95. The van der Waals surface area contributed by atoms with E-state index >= 15 is 0 Å². The van der Waals surface area contributed by atoms with Gasteiger partial charge in [0.2, 0.25) is 5.89 Å². The molecule has 0 spiro atoms. The number of piperidine rings is 1. The normalized spacial score (nSPS) is 16.8. The molecule has 0 amide bonds. The average Bonchev–Trinajstić information content (AvgIpc) is 2.96. The molecule has 1 aliphatic rings. The summed E-state index contributed by atoms with van der Waals surface area (Å²) >= 11 is 5.97. The standard InChI is InChI=1S/C16H17ClN2O3/c17-13-3-1-2-12(8-13)15-18-14(10-22-15)9-19-6-4-11(5-7-19)16(20)21/h1-3,8,10-11H,4-7,9H2,(H,20,21). The zero-order valence-electron chi connectivity index (χ0n) is 12.0. The van der Waals surface area contributed by atoms with Crippen LogP contribution in [0.15, 0.2) is 34.9 Å². The highest BCUT2D eigenvalue weighted by Gasteiger charge is 2.24. The van der Waals surface area contributed by atoms with Crippen molar-refractivity contribution < 1.29 is 14.3 Å². The molecule has 22 heavy (non-hydrogen) atoms. The van der Waals surface area contributed by atoms with Crippen molar-refractivity contribution in [2.45, 2.75) is 19.4 Å². The highest BCUT2D eigenvalue weighted by molar-refractivity contribution is 6.30. The molecule has 116 valence electrons. The van der Waals surface area contributed by atoms with Crippen molar-refractivity contribution in [2.75, 3.05) is 13.1 Å². The summed E-state index contributed by atoms with van der Waals surface area (Å²) in [5, 5.41) is 9.66. The summed E-state index contributed by atoms with van der Waals surface area (Å²) in [7, 11) is 0. The van der Waals surface area contributed by atoms with E-state index in [0.717, 1.165) is 24.3 Å². The molecule has 0 saturated carbocycles. The lowest BCUT2D eigenvalue weighted by molar-refractivity contribution is -0.143. The van der Waals surface area contributed by atoms with Gasteiger partial charge in [-0.3, -0.25) is 9.69 Å². The van der Waals surface area contributed by atoms with Crippen molar-refractivity contribution in [3.8, 4) is 11.5 Å². The van der Waals surface area contributed by atoms with Gasteiger partial charge in [0.1, 0.15) is 6.26 Å². The van der Waals surface area contributed by atoms with Crippen molar-refractivity contribution >= 4 is 17.6 Å². The van der Waals surface area contributed by atoms with Crippen molar-refractivity contribution in [2.24, 2.45) is 5.92 Å². The summed E-state index contributed by atoms with van der Waals surface area (Å²) in [4.78, 5) is 17.6. The number of aliphatic carboxylic acids is 1. The Hall–Kier alpha value is -1.85. The highest BCUT2D eigenvalue weighted by Crippen LogP contribution is 2.23. The number of benzene rings is 1. The minimum absolute atomic E-state index is 0.212. The second-order valence-electron chi connectivity index (χ2n) is 5.54. The van der Waals surface area contributed by atoms with Gasteiger partial charge >= 0.3 is 5.97 Å². The number of nitrogens with zero attached hydrogens (tertiary/aromatic N) is 2. The topological polar surface area (TPSA) is 66.6 Å². The first kappa shape index (κ1) is 15.1. The van der Waals surface area contributed by atoms with Crippen LogP contribution in [0.2, 0.25) is 5.02 Å². The van der Waals surface area contributed by atoms with E-state index in [4.69, 9.17) is 21.1 Å². The number of rotatable bonds is 4.